The van der Waals surface area contributed by atoms with Gasteiger partial charge in [-0.2, -0.15) is 0 Å². The topological polar surface area (TPSA) is 76.7 Å². The van der Waals surface area contributed by atoms with Gasteiger partial charge in [-0.1, -0.05) is 6.07 Å². The SMILES string of the molecule is COc1ccc(C=C2NC(=O)NC2=O)cc1OC. The third-order valence-electron chi connectivity index (χ3n) is 2.44. The van der Waals surface area contributed by atoms with Crippen molar-refractivity contribution in [3.8, 4) is 11.5 Å². The van der Waals surface area contributed by atoms with Crippen molar-refractivity contribution in [1.29, 1.82) is 0 Å². The normalized spacial score (nSPS) is 16.4. The molecule has 0 bridgehead atoms. The molecule has 1 fully saturated rings. The molecule has 0 saturated carbocycles. The van der Waals surface area contributed by atoms with Crippen LogP contribution in [0.15, 0.2) is 23.9 Å². The molecule has 6 nitrogen and oxygen atoms in total. The molecule has 0 radical (unpaired) electrons. The van der Waals surface area contributed by atoms with E-state index >= 15 is 0 Å². The summed E-state index contributed by atoms with van der Waals surface area (Å²) < 4.78 is 10.3. The lowest BCUT2D eigenvalue weighted by atomic mass is 10.1. The molecule has 3 amide bonds. The Labute approximate surface area is 104 Å². The molecule has 1 aliphatic heterocycles. The zero-order valence-electron chi connectivity index (χ0n) is 9.94. The number of hydrogen-bond donors (Lipinski definition) is 2. The Bertz CT molecular complexity index is 537. The average Bonchev–Trinajstić information content (AvgIpc) is 2.67. The molecule has 0 spiro atoms. The second kappa shape index (κ2) is 4.79. The standard InChI is InChI=1S/C12H12N2O4/c1-17-9-4-3-7(6-10(9)18-2)5-8-11(15)14-12(16)13-8/h3-6H,1-2H3,(H2,13,14,15,16). The third kappa shape index (κ3) is 2.27. The molecule has 1 saturated heterocycles. The zero-order chi connectivity index (χ0) is 13.1. The van der Waals surface area contributed by atoms with Gasteiger partial charge in [-0.15, -0.1) is 0 Å². The number of benzene rings is 1. The molecule has 2 rings (SSSR count). The third-order valence-corrected chi connectivity index (χ3v) is 2.44. The first-order valence-electron chi connectivity index (χ1n) is 5.20. The van der Waals surface area contributed by atoms with Gasteiger partial charge in [-0.3, -0.25) is 10.1 Å². The first kappa shape index (κ1) is 12.0. The van der Waals surface area contributed by atoms with E-state index in [1.165, 1.54) is 7.11 Å². The largest absolute Gasteiger partial charge is 0.493 e. The van der Waals surface area contributed by atoms with Gasteiger partial charge in [-0.05, 0) is 23.8 Å². The number of imide groups is 1. The van der Waals surface area contributed by atoms with Gasteiger partial charge in [0.25, 0.3) is 5.91 Å². The van der Waals surface area contributed by atoms with Gasteiger partial charge in [0.15, 0.2) is 11.5 Å². The molecule has 0 aliphatic carbocycles. The van der Waals surface area contributed by atoms with Gasteiger partial charge in [-0.25, -0.2) is 4.79 Å². The Hall–Kier alpha value is -2.50. The summed E-state index contributed by atoms with van der Waals surface area (Å²) in [5.41, 5.74) is 0.923. The number of amides is 3. The molecule has 1 aromatic carbocycles. The maximum atomic E-state index is 11.3. The summed E-state index contributed by atoms with van der Waals surface area (Å²) in [6.45, 7) is 0. The Kier molecular flexibility index (Phi) is 3.18. The Balaban J connectivity index is 2.32. The number of carbonyl (C=O) groups is 2. The maximum absolute atomic E-state index is 11.3. The van der Waals surface area contributed by atoms with Crippen molar-refractivity contribution in [3.63, 3.8) is 0 Å². The lowest BCUT2D eigenvalue weighted by molar-refractivity contribution is -0.115. The molecule has 1 aromatic rings. The first-order valence-corrected chi connectivity index (χ1v) is 5.20. The highest BCUT2D eigenvalue weighted by molar-refractivity contribution is 6.13. The summed E-state index contributed by atoms with van der Waals surface area (Å²) in [4.78, 5) is 22.3. The van der Waals surface area contributed by atoms with E-state index < -0.39 is 11.9 Å². The van der Waals surface area contributed by atoms with Crippen LogP contribution in [-0.2, 0) is 4.79 Å². The molecule has 2 N–H and O–H groups in total. The minimum atomic E-state index is -0.522. The number of rotatable bonds is 3. The van der Waals surface area contributed by atoms with Crippen molar-refractivity contribution in [2.75, 3.05) is 14.2 Å². The van der Waals surface area contributed by atoms with Crippen molar-refractivity contribution in [1.82, 2.24) is 10.6 Å². The van der Waals surface area contributed by atoms with Crippen LogP contribution in [0.5, 0.6) is 11.5 Å². The molecule has 1 aliphatic rings. The second-order valence-corrected chi connectivity index (χ2v) is 3.58. The minimum Gasteiger partial charge on any atom is -0.493 e. The fourth-order valence-electron chi connectivity index (χ4n) is 1.59. The molecular formula is C12H12N2O4. The van der Waals surface area contributed by atoms with E-state index in [0.717, 1.165) is 5.56 Å². The van der Waals surface area contributed by atoms with E-state index in [-0.39, 0.29) is 5.70 Å². The number of urea groups is 1. The number of ether oxygens (including phenoxy) is 2. The van der Waals surface area contributed by atoms with Crippen molar-refractivity contribution >= 4 is 18.0 Å². The predicted octanol–water partition coefficient (Wildman–Crippen LogP) is 0.884. The van der Waals surface area contributed by atoms with E-state index in [0.29, 0.717) is 11.5 Å². The Morgan fingerprint density at radius 2 is 1.78 bits per heavy atom. The highest BCUT2D eigenvalue weighted by atomic mass is 16.5. The van der Waals surface area contributed by atoms with Crippen LogP contribution < -0.4 is 20.1 Å². The summed E-state index contributed by atoms with van der Waals surface area (Å²) >= 11 is 0. The summed E-state index contributed by atoms with van der Waals surface area (Å²) in [6.07, 6.45) is 1.56. The number of nitrogens with one attached hydrogen (secondary N) is 2. The molecule has 94 valence electrons. The Morgan fingerprint density at radius 1 is 1.06 bits per heavy atom. The van der Waals surface area contributed by atoms with Gasteiger partial charge < -0.3 is 14.8 Å². The molecule has 0 aromatic heterocycles. The van der Waals surface area contributed by atoms with Crippen LogP contribution in [0.2, 0.25) is 0 Å². The van der Waals surface area contributed by atoms with Crippen LogP contribution in [0.25, 0.3) is 6.08 Å². The van der Waals surface area contributed by atoms with Crippen LogP contribution in [-0.4, -0.2) is 26.2 Å². The van der Waals surface area contributed by atoms with Gasteiger partial charge in [0.2, 0.25) is 0 Å². The van der Waals surface area contributed by atoms with E-state index in [4.69, 9.17) is 9.47 Å². The number of carbonyl (C=O) groups excluding carboxylic acids is 2. The van der Waals surface area contributed by atoms with Crippen molar-refractivity contribution < 1.29 is 19.1 Å². The molecule has 0 unspecified atom stereocenters. The second-order valence-electron chi connectivity index (χ2n) is 3.58. The summed E-state index contributed by atoms with van der Waals surface area (Å²) in [5, 5.41) is 4.53. The molecular weight excluding hydrogens is 236 g/mol. The van der Waals surface area contributed by atoms with Crippen molar-refractivity contribution in [2.24, 2.45) is 0 Å². The van der Waals surface area contributed by atoms with Crippen LogP contribution >= 0.6 is 0 Å². The average molecular weight is 248 g/mol. The van der Waals surface area contributed by atoms with E-state index in [2.05, 4.69) is 10.6 Å². The predicted molar refractivity (Wildman–Crippen MR) is 64.2 cm³/mol. The smallest absolute Gasteiger partial charge is 0.326 e. The van der Waals surface area contributed by atoms with Crippen molar-refractivity contribution in [3.05, 3.63) is 29.5 Å². The Morgan fingerprint density at radius 3 is 2.33 bits per heavy atom. The number of methoxy groups -OCH3 is 2. The van der Waals surface area contributed by atoms with E-state index in [1.54, 1.807) is 31.4 Å². The summed E-state index contributed by atoms with van der Waals surface area (Å²) in [5.74, 6) is 0.700. The van der Waals surface area contributed by atoms with Gasteiger partial charge in [0, 0.05) is 0 Å². The highest BCUT2D eigenvalue weighted by Gasteiger charge is 2.22. The van der Waals surface area contributed by atoms with Crippen molar-refractivity contribution in [2.45, 2.75) is 0 Å². The fourth-order valence-corrected chi connectivity index (χ4v) is 1.59. The van der Waals surface area contributed by atoms with Gasteiger partial charge in [0.05, 0.1) is 14.2 Å². The first-order chi connectivity index (χ1) is 8.63. The van der Waals surface area contributed by atoms with Crippen LogP contribution in [0.1, 0.15) is 5.56 Å². The van der Waals surface area contributed by atoms with Gasteiger partial charge >= 0.3 is 6.03 Å². The zero-order valence-corrected chi connectivity index (χ0v) is 9.94. The van der Waals surface area contributed by atoms with E-state index in [9.17, 15) is 9.59 Å². The fraction of sp³-hybridized carbons (Fsp3) is 0.167. The molecule has 0 atom stereocenters. The van der Waals surface area contributed by atoms with Crippen LogP contribution in [0.3, 0.4) is 0 Å². The monoisotopic (exact) mass is 248 g/mol. The quantitative estimate of drug-likeness (QED) is 0.615. The molecule has 18 heavy (non-hydrogen) atoms. The molecule has 1 heterocycles. The van der Waals surface area contributed by atoms with Crippen LogP contribution in [0, 0.1) is 0 Å². The van der Waals surface area contributed by atoms with E-state index in [1.807, 2.05) is 0 Å². The lowest BCUT2D eigenvalue weighted by Gasteiger charge is -2.07. The highest BCUT2D eigenvalue weighted by Crippen LogP contribution is 2.28. The lowest BCUT2D eigenvalue weighted by Crippen LogP contribution is -2.22. The van der Waals surface area contributed by atoms with Gasteiger partial charge in [0.1, 0.15) is 5.70 Å². The number of hydrogen-bond acceptors (Lipinski definition) is 4. The van der Waals surface area contributed by atoms with Crippen LogP contribution in [0.4, 0.5) is 4.79 Å². The maximum Gasteiger partial charge on any atom is 0.326 e. The molecule has 6 heteroatoms. The minimum absolute atomic E-state index is 0.201. The summed E-state index contributed by atoms with van der Waals surface area (Å²) in [7, 11) is 3.07. The summed E-state index contributed by atoms with van der Waals surface area (Å²) in [6, 6.07) is 4.67.